The first-order valence-electron chi connectivity index (χ1n) is 30.8. The Hall–Kier alpha value is -5.67. The van der Waals surface area contributed by atoms with Gasteiger partial charge in [-0.2, -0.15) is 0 Å². The Morgan fingerprint density at radius 1 is 0.837 bits per heavy atom. The predicted octanol–water partition coefficient (Wildman–Crippen LogP) is 8.66. The Labute approximate surface area is 510 Å². The number of allylic oxidation sites excluding steroid dienone is 3. The van der Waals surface area contributed by atoms with E-state index in [0.717, 1.165) is 44.4 Å². The predicted molar refractivity (Wildman–Crippen MR) is 326 cm³/mol. The van der Waals surface area contributed by atoms with Gasteiger partial charge >= 0.3 is 5.97 Å². The van der Waals surface area contributed by atoms with E-state index in [1.165, 1.54) is 19.1 Å². The van der Waals surface area contributed by atoms with Crippen molar-refractivity contribution in [2.24, 2.45) is 29.6 Å². The summed E-state index contributed by atoms with van der Waals surface area (Å²) in [5.41, 5.74) is 7.42. The molecule has 2 aromatic carbocycles. The number of fused-ring (bicyclic) bond motifs is 4. The van der Waals surface area contributed by atoms with Crippen molar-refractivity contribution in [3.8, 4) is 22.3 Å². The molecule has 14 atom stereocenters. The number of rotatable bonds is 11. The summed E-state index contributed by atoms with van der Waals surface area (Å²) < 4.78 is 30.3. The zero-order valence-corrected chi connectivity index (χ0v) is 51.9. The lowest BCUT2D eigenvalue weighted by Gasteiger charge is -2.47. The number of piperazine rings is 1. The number of carbonyl (C=O) groups excluding carboxylic acids is 5. The van der Waals surface area contributed by atoms with Gasteiger partial charge in [0.15, 0.2) is 0 Å². The first-order valence-corrected chi connectivity index (χ1v) is 31.2. The summed E-state index contributed by atoms with van der Waals surface area (Å²) in [6.07, 6.45) is 5.22. The van der Waals surface area contributed by atoms with E-state index in [-0.39, 0.29) is 55.8 Å². The maximum absolute atomic E-state index is 14.9. The van der Waals surface area contributed by atoms with E-state index < -0.39 is 90.0 Å². The molecule has 4 fully saturated rings. The summed E-state index contributed by atoms with van der Waals surface area (Å²) in [7, 11) is 4.58. The molecule has 0 radical (unpaired) electrons. The summed E-state index contributed by atoms with van der Waals surface area (Å²) >= 11 is 6.33. The molecule has 1 saturated carbocycles. The van der Waals surface area contributed by atoms with E-state index in [9.17, 15) is 39.3 Å². The summed E-state index contributed by atoms with van der Waals surface area (Å²) in [6, 6.07) is 17.2. The number of pyridine rings is 1. The highest BCUT2D eigenvalue weighted by atomic mass is 35.5. The van der Waals surface area contributed by atoms with Crippen molar-refractivity contribution in [1.29, 1.82) is 0 Å². The Morgan fingerprint density at radius 2 is 1.56 bits per heavy atom. The number of aliphatic hydroxyl groups is 3. The number of piperidine rings is 1. The van der Waals surface area contributed by atoms with Crippen LogP contribution in [0, 0.1) is 29.6 Å². The number of aromatic nitrogens is 2. The Morgan fingerprint density at radius 3 is 2.27 bits per heavy atom. The number of esters is 1. The van der Waals surface area contributed by atoms with Crippen LogP contribution in [0.1, 0.15) is 111 Å². The lowest BCUT2D eigenvalue weighted by molar-refractivity contribution is -0.302. The molecular weight excluding hydrogens is 1120 g/mol. The van der Waals surface area contributed by atoms with Crippen LogP contribution in [0.2, 0.25) is 5.02 Å². The molecule has 0 unspecified atom stereocenters. The van der Waals surface area contributed by atoms with Crippen molar-refractivity contribution >= 4 is 52.0 Å². The van der Waals surface area contributed by atoms with Crippen LogP contribution in [0.3, 0.4) is 0 Å². The molecule has 18 nitrogen and oxygen atoms in total. The zero-order chi connectivity index (χ0) is 61.6. The van der Waals surface area contributed by atoms with E-state index in [1.807, 2.05) is 67.6 Å². The number of Topliss-reactive ketones (excluding diaryl/α,β-unsaturated/α-hetero) is 2. The van der Waals surface area contributed by atoms with Crippen LogP contribution in [0.4, 0.5) is 0 Å². The minimum Gasteiger partial charge on any atom is -0.456 e. The summed E-state index contributed by atoms with van der Waals surface area (Å²) in [5, 5.41) is 36.8. The fourth-order valence-electron chi connectivity index (χ4n) is 13.8. The van der Waals surface area contributed by atoms with Gasteiger partial charge in [0.2, 0.25) is 11.7 Å². The number of methoxy groups -OCH3 is 3. The molecule has 4 aromatic rings. The number of carbonyl (C=O) groups is 5. The van der Waals surface area contributed by atoms with Crippen LogP contribution in [0.25, 0.3) is 33.3 Å². The number of halogens is 1. The highest BCUT2D eigenvalue weighted by Gasteiger charge is 2.57. The van der Waals surface area contributed by atoms with Gasteiger partial charge < -0.3 is 53.8 Å². The van der Waals surface area contributed by atoms with Crippen LogP contribution < -0.4 is 0 Å². The standard InChI is InChI=1S/C67H88ClN5O13/c1-39-26-40(2)28-58(83-7)62-59(84-8)30-42(4)67(81,86-62)63(78)65(79)73-21-10-9-14-53(73)66(80)85-61(41(3)29-45-17-20-54(74)57(31-45)82-6)43(5)55(75)35-56(76)48(27-39)34-60(77)72-24-22-71(23-25-72)38-44-15-18-46(19-16-44)49-33-51-52(37-70-64(51)69-36-49)47-12-11-13-50(68)32-47/h11-13,15-16,18-19,27,29,32-33,36-37,40,42-43,45,48,53-55,57-59,61-62,74-75,81H,9-10,14,17,20-26,28,30-31,34-35,38H2,1-8H3,(H,69,70)/b39-27+,41-29+/t40-,42+,43+,45-,48-,53-,54+,55-,57+,58-,59-,61+,62+,67+/m0/s1. The van der Waals surface area contributed by atoms with Gasteiger partial charge in [-0.05, 0) is 124 Å². The molecule has 9 rings (SSSR count). The summed E-state index contributed by atoms with van der Waals surface area (Å²) in [5.74, 6) is -9.01. The molecule has 6 heterocycles. The second-order valence-corrected chi connectivity index (χ2v) is 25.6. The van der Waals surface area contributed by atoms with Crippen molar-refractivity contribution in [2.45, 2.75) is 166 Å². The van der Waals surface area contributed by atoms with Crippen molar-refractivity contribution in [1.82, 2.24) is 24.7 Å². The smallest absolute Gasteiger partial charge is 0.329 e. The molecule has 466 valence electrons. The molecule has 2 amide bonds. The minimum atomic E-state index is -2.57. The molecule has 0 spiro atoms. The van der Waals surface area contributed by atoms with Gasteiger partial charge in [-0.1, -0.05) is 86.5 Å². The van der Waals surface area contributed by atoms with Gasteiger partial charge in [-0.25, -0.2) is 9.78 Å². The van der Waals surface area contributed by atoms with Crippen LogP contribution in [-0.2, 0) is 54.2 Å². The number of ketones is 2. The average molecular weight is 1210 g/mol. The third-order valence-corrected chi connectivity index (χ3v) is 19.2. The Balaban J connectivity index is 0.938. The number of H-pyrrole nitrogens is 1. The molecule has 4 aliphatic heterocycles. The third-order valence-electron chi connectivity index (χ3n) is 18.9. The fourth-order valence-corrected chi connectivity index (χ4v) is 14.0. The first kappa shape index (κ1) is 64.8. The van der Waals surface area contributed by atoms with Gasteiger partial charge in [0.25, 0.3) is 11.7 Å². The number of nitrogens with one attached hydrogen (secondary N) is 1. The lowest BCUT2D eigenvalue weighted by atomic mass is 9.81. The number of nitrogens with zero attached hydrogens (tertiary/aromatic N) is 4. The topological polar surface area (TPSA) is 231 Å². The fraction of sp³-hybridized carbons (Fsp3) is 0.582. The Bertz CT molecular complexity index is 3100. The van der Waals surface area contributed by atoms with E-state index in [0.29, 0.717) is 88.3 Å². The number of amides is 2. The first-order chi connectivity index (χ1) is 41.2. The van der Waals surface area contributed by atoms with E-state index in [1.54, 1.807) is 27.9 Å². The molecular formula is C67H88ClN5O13. The number of ether oxygens (including phenoxy) is 5. The van der Waals surface area contributed by atoms with Crippen molar-refractivity contribution in [3.05, 3.63) is 101 Å². The van der Waals surface area contributed by atoms with E-state index in [4.69, 9.17) is 40.3 Å². The van der Waals surface area contributed by atoms with E-state index >= 15 is 0 Å². The number of hydrogen-bond donors (Lipinski definition) is 4. The largest absolute Gasteiger partial charge is 0.456 e. The molecule has 4 N–H and O–H groups in total. The van der Waals surface area contributed by atoms with Crippen LogP contribution in [-0.4, -0.2) is 178 Å². The monoisotopic (exact) mass is 1210 g/mol. The summed E-state index contributed by atoms with van der Waals surface area (Å²) in [4.78, 5) is 86.4. The normalized spacial score (nSPS) is 32.5. The maximum Gasteiger partial charge on any atom is 0.329 e. The number of aliphatic hydroxyl groups excluding tert-OH is 2. The second-order valence-electron chi connectivity index (χ2n) is 25.1. The van der Waals surface area contributed by atoms with Gasteiger partial charge in [0.05, 0.1) is 30.5 Å². The van der Waals surface area contributed by atoms with Crippen LogP contribution >= 0.6 is 11.6 Å². The molecule has 1 aliphatic carbocycles. The molecule has 19 heteroatoms. The van der Waals surface area contributed by atoms with Crippen LogP contribution in [0.15, 0.2) is 90.3 Å². The molecule has 2 aromatic heterocycles. The quantitative estimate of drug-likeness (QED) is 0.0625. The Kier molecular flexibility index (Phi) is 21.6. The van der Waals surface area contributed by atoms with E-state index in [2.05, 4.69) is 40.2 Å². The van der Waals surface area contributed by atoms with Gasteiger partial charge in [-0.15, -0.1) is 0 Å². The second kappa shape index (κ2) is 28.7. The van der Waals surface area contributed by atoms with Crippen molar-refractivity contribution in [2.75, 3.05) is 54.1 Å². The van der Waals surface area contributed by atoms with Crippen molar-refractivity contribution < 1.29 is 63.0 Å². The number of aromatic amines is 1. The minimum absolute atomic E-state index is 0.0452. The number of cyclic esters (lactones) is 1. The molecule has 5 aliphatic rings. The third kappa shape index (κ3) is 14.9. The van der Waals surface area contributed by atoms with Crippen LogP contribution in [0.5, 0.6) is 0 Å². The maximum atomic E-state index is 14.9. The van der Waals surface area contributed by atoms with Gasteiger partial charge in [-0.3, -0.25) is 24.1 Å². The zero-order valence-electron chi connectivity index (χ0n) is 51.1. The highest BCUT2D eigenvalue weighted by molar-refractivity contribution is 6.39. The highest BCUT2D eigenvalue weighted by Crippen LogP contribution is 2.40. The number of hydrogen-bond acceptors (Lipinski definition) is 15. The molecule has 2 bridgehead atoms. The van der Waals surface area contributed by atoms with Gasteiger partial charge in [0.1, 0.15) is 29.7 Å². The summed E-state index contributed by atoms with van der Waals surface area (Å²) in [6.45, 7) is 12.0. The lowest BCUT2D eigenvalue weighted by Crippen LogP contribution is -2.64. The molecule has 86 heavy (non-hydrogen) atoms. The SMILES string of the molecule is CO[C@H]1C[C@@H](C)C/C(C)=C/[C@@H](CC(=O)N2CCN(Cc3ccc(-c4cnc5[nH]cc(-c6cccc(Cl)c6)c5c4)cc3)CC2)C(=O)C[C@H](O)[C@@H](C)[C@@H](/C(C)=C/[C@@H]2CC[C@@H](O)[C@H](OC)C2)OC(=O)[C@@H]2CCCCN2C(=O)C(=O)[C@]2(O)O[C@H]1[C@@H](OC)C[C@H]2C. The van der Waals surface area contributed by atoms with Gasteiger partial charge in [0, 0.05) is 125 Å². The molecule has 3 saturated heterocycles. The number of benzene rings is 2. The van der Waals surface area contributed by atoms with Crippen molar-refractivity contribution in [3.63, 3.8) is 0 Å². The average Bonchev–Trinajstić information content (AvgIpc) is 1.13.